The van der Waals surface area contributed by atoms with E-state index in [2.05, 4.69) is 26.1 Å². The Morgan fingerprint density at radius 2 is 1.94 bits per heavy atom. The first kappa shape index (κ1) is 13.4. The zero-order chi connectivity index (χ0) is 13.3. The Morgan fingerprint density at radius 3 is 2.50 bits per heavy atom. The van der Waals surface area contributed by atoms with Crippen LogP contribution in [0.3, 0.4) is 0 Å². The van der Waals surface area contributed by atoms with E-state index in [-0.39, 0.29) is 23.3 Å². The third kappa shape index (κ3) is 3.47. The minimum Gasteiger partial charge on any atom is -0.344 e. The number of hydrogen-bond acceptors (Lipinski definition) is 2. The summed E-state index contributed by atoms with van der Waals surface area (Å²) in [4.78, 5) is 25.9. The maximum Gasteiger partial charge on any atom is 0.245 e. The van der Waals surface area contributed by atoms with Gasteiger partial charge in [-0.05, 0) is 30.6 Å². The lowest BCUT2D eigenvalue weighted by Gasteiger charge is -2.27. The van der Waals surface area contributed by atoms with Crippen LogP contribution in [0.1, 0.15) is 46.5 Å². The number of nitrogens with zero attached hydrogens (tertiary/aromatic N) is 1. The lowest BCUT2D eigenvalue weighted by Crippen LogP contribution is -2.46. The molecule has 2 fully saturated rings. The minimum absolute atomic E-state index is 0.0264. The van der Waals surface area contributed by atoms with Gasteiger partial charge in [-0.15, -0.1) is 0 Å². The van der Waals surface area contributed by atoms with Crippen molar-refractivity contribution in [1.82, 2.24) is 10.2 Å². The van der Waals surface area contributed by atoms with Crippen LogP contribution in [0.5, 0.6) is 0 Å². The zero-order valence-electron chi connectivity index (χ0n) is 11.7. The van der Waals surface area contributed by atoms with Gasteiger partial charge in [0.05, 0.1) is 0 Å². The van der Waals surface area contributed by atoms with Crippen LogP contribution in [-0.4, -0.2) is 35.8 Å². The largest absolute Gasteiger partial charge is 0.344 e. The number of nitrogens with one attached hydrogen (secondary N) is 1. The van der Waals surface area contributed by atoms with E-state index >= 15 is 0 Å². The lowest BCUT2D eigenvalue weighted by atomic mass is 9.92. The molecule has 1 N–H and O–H groups in total. The van der Waals surface area contributed by atoms with E-state index in [0.29, 0.717) is 18.9 Å². The Labute approximate surface area is 109 Å². The maximum atomic E-state index is 12.4. The highest BCUT2D eigenvalue weighted by Crippen LogP contribution is 2.34. The Balaban J connectivity index is 1.99. The van der Waals surface area contributed by atoms with E-state index in [1.807, 2.05) is 4.90 Å². The molecule has 1 saturated carbocycles. The van der Waals surface area contributed by atoms with Crippen LogP contribution in [0.2, 0.25) is 0 Å². The Kier molecular flexibility index (Phi) is 3.64. The van der Waals surface area contributed by atoms with Crippen LogP contribution in [0.4, 0.5) is 0 Å². The van der Waals surface area contributed by atoms with Gasteiger partial charge in [0.1, 0.15) is 6.04 Å². The molecule has 0 radical (unpaired) electrons. The summed E-state index contributed by atoms with van der Waals surface area (Å²) in [5.74, 6) is 0.544. The zero-order valence-corrected chi connectivity index (χ0v) is 11.7. The van der Waals surface area contributed by atoms with E-state index in [0.717, 1.165) is 25.8 Å². The van der Waals surface area contributed by atoms with E-state index in [1.165, 1.54) is 0 Å². The van der Waals surface area contributed by atoms with Gasteiger partial charge in [0.25, 0.3) is 0 Å². The topological polar surface area (TPSA) is 49.4 Å². The van der Waals surface area contributed by atoms with E-state index in [1.54, 1.807) is 0 Å². The van der Waals surface area contributed by atoms with E-state index in [9.17, 15) is 9.59 Å². The molecule has 18 heavy (non-hydrogen) atoms. The lowest BCUT2D eigenvalue weighted by molar-refractivity contribution is -0.134. The number of carbonyl (C=O) groups is 2. The number of hydrogen-bond donors (Lipinski definition) is 1. The fourth-order valence-corrected chi connectivity index (χ4v) is 2.29. The monoisotopic (exact) mass is 252 g/mol. The van der Waals surface area contributed by atoms with Gasteiger partial charge in [0.15, 0.2) is 0 Å². The molecule has 0 aromatic rings. The van der Waals surface area contributed by atoms with Crippen molar-refractivity contribution in [2.45, 2.75) is 52.5 Å². The number of amides is 2. The summed E-state index contributed by atoms with van der Waals surface area (Å²) in [5.41, 5.74) is 0.221. The Bertz CT molecular complexity index is 342. The highest BCUT2D eigenvalue weighted by atomic mass is 16.2. The second kappa shape index (κ2) is 4.90. The van der Waals surface area contributed by atoms with Crippen molar-refractivity contribution >= 4 is 11.8 Å². The molecule has 1 atom stereocenters. The van der Waals surface area contributed by atoms with Gasteiger partial charge in [0.2, 0.25) is 11.8 Å². The summed E-state index contributed by atoms with van der Waals surface area (Å²) in [6.07, 6.45) is 3.57. The third-order valence-corrected chi connectivity index (χ3v) is 3.73. The molecular weight excluding hydrogens is 228 g/mol. The molecule has 0 bridgehead atoms. The first-order chi connectivity index (χ1) is 8.37. The van der Waals surface area contributed by atoms with Crippen LogP contribution < -0.4 is 5.32 Å². The highest BCUT2D eigenvalue weighted by Gasteiger charge is 2.40. The van der Waals surface area contributed by atoms with Crippen LogP contribution in [0.15, 0.2) is 0 Å². The van der Waals surface area contributed by atoms with Gasteiger partial charge in [0, 0.05) is 19.5 Å². The molecular formula is C14H24N2O2. The van der Waals surface area contributed by atoms with E-state index < -0.39 is 0 Å². The van der Waals surface area contributed by atoms with Crippen molar-refractivity contribution in [3.05, 3.63) is 0 Å². The molecule has 2 rings (SSSR count). The average Bonchev–Trinajstić information content (AvgIpc) is 3.06. The molecule has 2 amide bonds. The molecule has 1 saturated heterocycles. The van der Waals surface area contributed by atoms with Crippen LogP contribution in [0.25, 0.3) is 0 Å². The summed E-state index contributed by atoms with van der Waals surface area (Å²) >= 11 is 0. The fraction of sp³-hybridized carbons (Fsp3) is 0.857. The van der Waals surface area contributed by atoms with Crippen LogP contribution in [0, 0.1) is 11.3 Å². The molecule has 4 nitrogen and oxygen atoms in total. The normalized spacial score (nSPS) is 25.9. The van der Waals surface area contributed by atoms with Crippen LogP contribution in [-0.2, 0) is 9.59 Å². The van der Waals surface area contributed by atoms with Gasteiger partial charge in [-0.1, -0.05) is 20.8 Å². The Hall–Kier alpha value is -1.06. The predicted octanol–water partition coefficient (Wildman–Crippen LogP) is 1.55. The van der Waals surface area contributed by atoms with E-state index in [4.69, 9.17) is 0 Å². The summed E-state index contributed by atoms with van der Waals surface area (Å²) in [5, 5.41) is 2.89. The molecule has 1 unspecified atom stereocenters. The summed E-state index contributed by atoms with van der Waals surface area (Å²) in [6, 6.07) is -0.250. The quantitative estimate of drug-likeness (QED) is 0.828. The van der Waals surface area contributed by atoms with Crippen LogP contribution >= 0.6 is 0 Å². The molecule has 4 heteroatoms. The van der Waals surface area contributed by atoms with Crippen molar-refractivity contribution < 1.29 is 9.59 Å². The molecule has 2 aliphatic rings. The fourth-order valence-electron chi connectivity index (χ4n) is 2.29. The van der Waals surface area contributed by atoms with Crippen molar-refractivity contribution in [3.63, 3.8) is 0 Å². The Morgan fingerprint density at radius 1 is 1.28 bits per heavy atom. The standard InChI is InChI=1S/C14H24N2O2/c1-14(2,3)7-9-16-8-6-11(17)15-12(13(16)18)10-4-5-10/h10,12H,4-9H2,1-3H3,(H,15,17). The van der Waals surface area contributed by atoms with Crippen molar-refractivity contribution in [3.8, 4) is 0 Å². The molecule has 1 aliphatic heterocycles. The van der Waals surface area contributed by atoms with Gasteiger partial charge in [-0.25, -0.2) is 0 Å². The van der Waals surface area contributed by atoms with Gasteiger partial charge < -0.3 is 10.2 Å². The van der Waals surface area contributed by atoms with Gasteiger partial charge in [-0.3, -0.25) is 9.59 Å². The first-order valence-electron chi connectivity index (χ1n) is 6.95. The second-order valence-electron chi connectivity index (χ2n) is 6.77. The third-order valence-electron chi connectivity index (χ3n) is 3.73. The van der Waals surface area contributed by atoms with Gasteiger partial charge >= 0.3 is 0 Å². The maximum absolute atomic E-state index is 12.4. The first-order valence-corrected chi connectivity index (χ1v) is 6.95. The molecule has 0 spiro atoms. The number of rotatable bonds is 3. The molecule has 1 heterocycles. The molecule has 102 valence electrons. The SMILES string of the molecule is CC(C)(C)CCN1CCC(=O)NC(C2CC2)C1=O. The summed E-state index contributed by atoms with van der Waals surface area (Å²) < 4.78 is 0. The average molecular weight is 252 g/mol. The second-order valence-corrected chi connectivity index (χ2v) is 6.77. The summed E-state index contributed by atoms with van der Waals surface area (Å²) in [7, 11) is 0. The van der Waals surface area contributed by atoms with Crippen molar-refractivity contribution in [2.24, 2.45) is 11.3 Å². The summed E-state index contributed by atoms with van der Waals surface area (Å²) in [6.45, 7) is 7.87. The minimum atomic E-state index is -0.250. The molecule has 0 aromatic carbocycles. The highest BCUT2D eigenvalue weighted by molar-refractivity contribution is 5.90. The number of carbonyl (C=O) groups excluding carboxylic acids is 2. The molecule has 0 aromatic heterocycles. The molecule has 1 aliphatic carbocycles. The van der Waals surface area contributed by atoms with Crippen molar-refractivity contribution in [1.29, 1.82) is 0 Å². The van der Waals surface area contributed by atoms with Gasteiger partial charge in [-0.2, -0.15) is 0 Å². The predicted molar refractivity (Wildman–Crippen MR) is 69.9 cm³/mol. The smallest absolute Gasteiger partial charge is 0.245 e. The van der Waals surface area contributed by atoms with Crippen molar-refractivity contribution in [2.75, 3.05) is 13.1 Å².